The van der Waals surface area contributed by atoms with E-state index in [4.69, 9.17) is 4.74 Å². The second kappa shape index (κ2) is 7.13. The van der Waals surface area contributed by atoms with Crippen LogP contribution in [0, 0.1) is 6.92 Å². The highest BCUT2D eigenvalue weighted by Crippen LogP contribution is 2.29. The first kappa shape index (κ1) is 16.6. The Labute approximate surface area is 145 Å². The molecule has 3 rings (SSSR count). The van der Waals surface area contributed by atoms with Crippen LogP contribution in [0.2, 0.25) is 0 Å². The maximum atomic E-state index is 12.6. The first-order valence-electron chi connectivity index (χ1n) is 8.09. The molecule has 0 bridgehead atoms. The van der Waals surface area contributed by atoms with Gasteiger partial charge < -0.3 is 9.64 Å². The fraction of sp³-hybridized carbons (Fsp3) is 0.389. The Morgan fingerprint density at radius 2 is 1.88 bits per heavy atom. The smallest absolute Gasteiger partial charge is 0.351 e. The Hall–Kier alpha value is -2.21. The van der Waals surface area contributed by atoms with Crippen molar-refractivity contribution in [2.45, 2.75) is 32.8 Å². The van der Waals surface area contributed by atoms with Gasteiger partial charge in [0.1, 0.15) is 4.88 Å². The third-order valence-corrected chi connectivity index (χ3v) is 4.97. The maximum absolute atomic E-state index is 12.6. The van der Waals surface area contributed by atoms with E-state index in [9.17, 15) is 9.59 Å². The molecule has 1 aliphatic heterocycles. The number of nitrogens with zero attached hydrogens (tertiary/aromatic N) is 2. The molecule has 2 heterocycles. The van der Waals surface area contributed by atoms with E-state index in [-0.39, 0.29) is 5.91 Å². The van der Waals surface area contributed by atoms with Crippen LogP contribution in [-0.4, -0.2) is 41.0 Å². The summed E-state index contributed by atoms with van der Waals surface area (Å²) < 4.78 is 5.43. The number of hydrogen-bond acceptors (Lipinski definition) is 5. The fourth-order valence-electron chi connectivity index (χ4n) is 2.82. The van der Waals surface area contributed by atoms with Crippen LogP contribution >= 0.6 is 11.3 Å². The van der Waals surface area contributed by atoms with E-state index >= 15 is 0 Å². The Bertz CT molecular complexity index is 736. The molecule has 1 atom stereocenters. The van der Waals surface area contributed by atoms with Crippen molar-refractivity contribution in [1.82, 2.24) is 9.88 Å². The molecule has 1 amide bonds. The van der Waals surface area contributed by atoms with Crippen molar-refractivity contribution in [2.75, 3.05) is 13.1 Å². The van der Waals surface area contributed by atoms with Gasteiger partial charge in [-0.1, -0.05) is 30.3 Å². The van der Waals surface area contributed by atoms with Crippen LogP contribution in [0.4, 0.5) is 0 Å². The van der Waals surface area contributed by atoms with Crippen molar-refractivity contribution in [3.63, 3.8) is 0 Å². The van der Waals surface area contributed by atoms with Crippen LogP contribution in [0.15, 0.2) is 30.3 Å². The zero-order valence-electron chi connectivity index (χ0n) is 13.8. The van der Waals surface area contributed by atoms with Crippen molar-refractivity contribution in [3.05, 3.63) is 40.2 Å². The van der Waals surface area contributed by atoms with E-state index in [1.54, 1.807) is 11.8 Å². The number of hydrogen-bond donors (Lipinski definition) is 0. The number of thiazole rings is 1. The summed E-state index contributed by atoms with van der Waals surface area (Å²) in [5.41, 5.74) is 1.48. The largest absolute Gasteiger partial charge is 0.448 e. The molecule has 1 saturated heterocycles. The molecule has 0 radical (unpaired) electrons. The molecule has 1 aromatic carbocycles. The topological polar surface area (TPSA) is 59.5 Å². The normalized spacial score (nSPS) is 15.3. The summed E-state index contributed by atoms with van der Waals surface area (Å²) in [7, 11) is 0. The zero-order valence-corrected chi connectivity index (χ0v) is 14.6. The highest BCUT2D eigenvalue weighted by molar-refractivity contribution is 7.14. The van der Waals surface area contributed by atoms with E-state index in [0.29, 0.717) is 10.6 Å². The van der Waals surface area contributed by atoms with Crippen LogP contribution in [0.5, 0.6) is 0 Å². The van der Waals surface area contributed by atoms with E-state index in [2.05, 4.69) is 4.98 Å². The SMILES string of the molecule is Cc1nc(-c2ccccc2)c(C(=O)O[C@@H](C)C(=O)N2CCCC2)s1. The molecule has 1 aliphatic rings. The quantitative estimate of drug-likeness (QED) is 0.799. The molecular formula is C18H20N2O3S. The number of rotatable bonds is 4. The highest BCUT2D eigenvalue weighted by Gasteiger charge is 2.28. The molecule has 0 aliphatic carbocycles. The number of likely N-dealkylation sites (tertiary alicyclic amines) is 1. The average molecular weight is 344 g/mol. The number of benzene rings is 1. The van der Waals surface area contributed by atoms with Gasteiger partial charge in [-0.25, -0.2) is 9.78 Å². The predicted octanol–water partition coefficient (Wildman–Crippen LogP) is 3.29. The Morgan fingerprint density at radius 3 is 2.54 bits per heavy atom. The van der Waals surface area contributed by atoms with Gasteiger partial charge in [-0.3, -0.25) is 4.79 Å². The Morgan fingerprint density at radius 1 is 1.21 bits per heavy atom. The molecule has 0 spiro atoms. The van der Waals surface area contributed by atoms with Crippen LogP contribution < -0.4 is 0 Å². The average Bonchev–Trinajstić information content (AvgIpc) is 3.24. The maximum Gasteiger partial charge on any atom is 0.351 e. The summed E-state index contributed by atoms with van der Waals surface area (Å²) in [5, 5.41) is 0.791. The predicted molar refractivity (Wildman–Crippen MR) is 93.0 cm³/mol. The van der Waals surface area contributed by atoms with Crippen molar-refractivity contribution < 1.29 is 14.3 Å². The van der Waals surface area contributed by atoms with Crippen molar-refractivity contribution in [2.24, 2.45) is 0 Å². The summed E-state index contributed by atoms with van der Waals surface area (Å²) in [6.45, 7) is 4.98. The fourth-order valence-corrected chi connectivity index (χ4v) is 3.64. The molecule has 1 fully saturated rings. The highest BCUT2D eigenvalue weighted by atomic mass is 32.1. The van der Waals surface area contributed by atoms with Crippen molar-refractivity contribution in [3.8, 4) is 11.3 Å². The van der Waals surface area contributed by atoms with Crippen molar-refractivity contribution in [1.29, 1.82) is 0 Å². The molecule has 24 heavy (non-hydrogen) atoms. The summed E-state index contributed by atoms with van der Waals surface area (Å²) in [6, 6.07) is 9.53. The number of amides is 1. The first-order chi connectivity index (χ1) is 11.6. The van der Waals surface area contributed by atoms with E-state index in [1.165, 1.54) is 11.3 Å². The molecule has 0 saturated carbocycles. The summed E-state index contributed by atoms with van der Waals surface area (Å²) in [4.78, 5) is 31.5. The molecule has 0 unspecified atom stereocenters. The number of ether oxygens (including phenoxy) is 1. The summed E-state index contributed by atoms with van der Waals surface area (Å²) >= 11 is 1.29. The minimum Gasteiger partial charge on any atom is -0.448 e. The lowest BCUT2D eigenvalue weighted by Crippen LogP contribution is -2.38. The summed E-state index contributed by atoms with van der Waals surface area (Å²) in [5.74, 6) is -0.608. The van der Waals surface area contributed by atoms with Gasteiger partial charge in [-0.05, 0) is 26.7 Å². The van der Waals surface area contributed by atoms with Gasteiger partial charge in [0.05, 0.1) is 10.7 Å². The monoisotopic (exact) mass is 344 g/mol. The zero-order chi connectivity index (χ0) is 17.1. The molecule has 5 nitrogen and oxygen atoms in total. The number of aromatic nitrogens is 1. The van der Waals surface area contributed by atoms with Crippen LogP contribution in [0.3, 0.4) is 0 Å². The lowest BCUT2D eigenvalue weighted by molar-refractivity contribution is -0.138. The molecular weight excluding hydrogens is 324 g/mol. The van der Waals surface area contributed by atoms with Gasteiger partial charge in [0.25, 0.3) is 5.91 Å². The Kier molecular flexibility index (Phi) is 4.94. The number of esters is 1. The third kappa shape index (κ3) is 3.48. The lowest BCUT2D eigenvalue weighted by Gasteiger charge is -2.20. The number of carbonyl (C=O) groups excluding carboxylic acids is 2. The standard InChI is InChI=1S/C18H20N2O3S/c1-12(17(21)20-10-6-7-11-20)23-18(22)16-15(19-13(2)24-16)14-8-4-3-5-9-14/h3-5,8-9,12H,6-7,10-11H2,1-2H3/t12-/m0/s1. The number of carbonyl (C=O) groups is 2. The molecule has 6 heteroatoms. The van der Waals surface area contributed by atoms with Crippen molar-refractivity contribution >= 4 is 23.2 Å². The van der Waals surface area contributed by atoms with E-state index < -0.39 is 12.1 Å². The van der Waals surface area contributed by atoms with Gasteiger partial charge in [0, 0.05) is 18.7 Å². The second-order valence-corrected chi connectivity index (χ2v) is 7.06. The van der Waals surface area contributed by atoms with Crippen LogP contribution in [0.1, 0.15) is 34.4 Å². The van der Waals surface area contributed by atoms with Gasteiger partial charge in [-0.15, -0.1) is 11.3 Å². The van der Waals surface area contributed by atoms with Gasteiger partial charge >= 0.3 is 5.97 Å². The van der Waals surface area contributed by atoms with Crippen LogP contribution in [-0.2, 0) is 9.53 Å². The molecule has 2 aromatic rings. The summed E-state index contributed by atoms with van der Waals surface area (Å²) in [6.07, 6.45) is 1.25. The minimum absolute atomic E-state index is 0.122. The van der Waals surface area contributed by atoms with E-state index in [1.807, 2.05) is 37.3 Å². The Balaban J connectivity index is 1.77. The third-order valence-electron chi connectivity index (χ3n) is 4.02. The van der Waals surface area contributed by atoms with E-state index in [0.717, 1.165) is 36.5 Å². The van der Waals surface area contributed by atoms with Gasteiger partial charge in [-0.2, -0.15) is 0 Å². The van der Waals surface area contributed by atoms with Gasteiger partial charge in [0.2, 0.25) is 0 Å². The van der Waals surface area contributed by atoms with Gasteiger partial charge in [0.15, 0.2) is 6.10 Å². The second-order valence-electron chi connectivity index (χ2n) is 5.86. The molecule has 0 N–H and O–H groups in total. The molecule has 1 aromatic heterocycles. The first-order valence-corrected chi connectivity index (χ1v) is 8.90. The molecule has 126 valence electrons. The number of aryl methyl sites for hydroxylation is 1. The minimum atomic E-state index is -0.776. The lowest BCUT2D eigenvalue weighted by atomic mass is 10.1. The van der Waals surface area contributed by atoms with Crippen LogP contribution in [0.25, 0.3) is 11.3 Å².